The molecule has 0 amide bonds. The third-order valence-electron chi connectivity index (χ3n) is 2.97. The minimum Gasteiger partial charge on any atom is -0.496 e. The van der Waals surface area contributed by atoms with Crippen molar-refractivity contribution in [1.29, 1.82) is 0 Å². The van der Waals surface area contributed by atoms with Crippen LogP contribution in [0, 0.1) is 5.92 Å². The summed E-state index contributed by atoms with van der Waals surface area (Å²) in [6, 6.07) is 6.08. The maximum Gasteiger partial charge on any atom is 0.123 e. The predicted octanol–water partition coefficient (Wildman–Crippen LogP) is 2.71. The van der Waals surface area contributed by atoms with Gasteiger partial charge >= 0.3 is 0 Å². The number of benzene rings is 1. The minimum atomic E-state index is -0.816. The van der Waals surface area contributed by atoms with Gasteiger partial charge in [0, 0.05) is 28.7 Å². The lowest BCUT2D eigenvalue weighted by Crippen LogP contribution is -2.08. The summed E-state index contributed by atoms with van der Waals surface area (Å²) in [5.41, 5.74) is 2.23. The molecule has 4 heteroatoms. The lowest BCUT2D eigenvalue weighted by atomic mass is 10.1. The van der Waals surface area contributed by atoms with Gasteiger partial charge in [0.25, 0.3) is 0 Å². The highest BCUT2D eigenvalue weighted by atomic mass is 32.2. The normalized spacial score (nSPS) is 12.7. The fourth-order valence-electron chi connectivity index (χ4n) is 1.87. The van der Waals surface area contributed by atoms with Crippen molar-refractivity contribution in [1.82, 2.24) is 5.32 Å². The molecule has 0 heterocycles. The largest absolute Gasteiger partial charge is 0.496 e. The van der Waals surface area contributed by atoms with Crippen LogP contribution in [0.3, 0.4) is 0 Å². The van der Waals surface area contributed by atoms with E-state index in [2.05, 4.69) is 25.2 Å². The van der Waals surface area contributed by atoms with Crippen molar-refractivity contribution in [3.05, 3.63) is 29.3 Å². The standard InChI is InChI=1S/C15H25NO2S/c1-12(2)7-8-19(17)11-14-9-13(10-16-3)5-6-15(14)18-4/h5-6,9,12,16H,7-8,10-11H2,1-4H3. The van der Waals surface area contributed by atoms with Crippen LogP contribution in [-0.2, 0) is 23.1 Å². The molecule has 1 aromatic carbocycles. The second-order valence-corrected chi connectivity index (χ2v) is 6.72. The van der Waals surface area contributed by atoms with Gasteiger partial charge in [-0.3, -0.25) is 4.21 Å². The molecular weight excluding hydrogens is 258 g/mol. The Labute approximate surface area is 119 Å². The third-order valence-corrected chi connectivity index (χ3v) is 4.29. The number of hydrogen-bond donors (Lipinski definition) is 1. The van der Waals surface area contributed by atoms with E-state index < -0.39 is 10.8 Å². The van der Waals surface area contributed by atoms with Crippen LogP contribution in [0.15, 0.2) is 18.2 Å². The van der Waals surface area contributed by atoms with E-state index in [0.717, 1.165) is 30.0 Å². The van der Waals surface area contributed by atoms with Crippen LogP contribution in [0.25, 0.3) is 0 Å². The summed E-state index contributed by atoms with van der Waals surface area (Å²) < 4.78 is 17.4. The molecule has 19 heavy (non-hydrogen) atoms. The molecule has 0 saturated heterocycles. The molecule has 0 aliphatic carbocycles. The highest BCUT2D eigenvalue weighted by Crippen LogP contribution is 2.22. The van der Waals surface area contributed by atoms with Crippen LogP contribution >= 0.6 is 0 Å². The Kier molecular flexibility index (Phi) is 7.10. The first kappa shape index (κ1) is 16.2. The predicted molar refractivity (Wildman–Crippen MR) is 81.9 cm³/mol. The number of methoxy groups -OCH3 is 1. The number of ether oxygens (including phenoxy) is 1. The summed E-state index contributed by atoms with van der Waals surface area (Å²) >= 11 is 0. The van der Waals surface area contributed by atoms with E-state index in [9.17, 15) is 4.21 Å². The van der Waals surface area contributed by atoms with Gasteiger partial charge < -0.3 is 10.1 Å². The van der Waals surface area contributed by atoms with Crippen molar-refractivity contribution < 1.29 is 8.95 Å². The summed E-state index contributed by atoms with van der Waals surface area (Å²) in [5, 5.41) is 3.13. The first-order valence-electron chi connectivity index (χ1n) is 6.72. The average Bonchev–Trinajstić information content (AvgIpc) is 2.37. The maximum atomic E-state index is 12.1. The quantitative estimate of drug-likeness (QED) is 0.797. The van der Waals surface area contributed by atoms with Crippen molar-refractivity contribution in [2.45, 2.75) is 32.6 Å². The Balaban J connectivity index is 2.73. The van der Waals surface area contributed by atoms with E-state index >= 15 is 0 Å². The third kappa shape index (κ3) is 5.74. The zero-order valence-corrected chi connectivity index (χ0v) is 13.2. The second kappa shape index (κ2) is 8.33. The lowest BCUT2D eigenvalue weighted by Gasteiger charge is -2.11. The maximum absolute atomic E-state index is 12.1. The SMILES string of the molecule is CNCc1ccc(OC)c(CS(=O)CCC(C)C)c1. The van der Waals surface area contributed by atoms with Crippen LogP contribution in [0.5, 0.6) is 5.75 Å². The molecule has 0 fully saturated rings. The Morgan fingerprint density at radius 2 is 2.11 bits per heavy atom. The van der Waals surface area contributed by atoms with Crippen LogP contribution in [-0.4, -0.2) is 24.1 Å². The zero-order chi connectivity index (χ0) is 14.3. The smallest absolute Gasteiger partial charge is 0.123 e. The molecule has 0 aromatic heterocycles. The van der Waals surface area contributed by atoms with E-state index in [0.29, 0.717) is 11.7 Å². The molecule has 0 aliphatic rings. The number of rotatable bonds is 8. The monoisotopic (exact) mass is 283 g/mol. The van der Waals surface area contributed by atoms with Gasteiger partial charge in [-0.1, -0.05) is 19.9 Å². The number of hydrogen-bond acceptors (Lipinski definition) is 3. The average molecular weight is 283 g/mol. The van der Waals surface area contributed by atoms with Gasteiger partial charge in [0.15, 0.2) is 0 Å². The van der Waals surface area contributed by atoms with Crippen LogP contribution in [0.2, 0.25) is 0 Å². The molecule has 1 atom stereocenters. The number of nitrogens with one attached hydrogen (secondary N) is 1. The summed E-state index contributed by atoms with van der Waals surface area (Å²) in [4.78, 5) is 0. The van der Waals surface area contributed by atoms with Crippen LogP contribution in [0.4, 0.5) is 0 Å². The van der Waals surface area contributed by atoms with Gasteiger partial charge in [-0.05, 0) is 37.1 Å². The van der Waals surface area contributed by atoms with Crippen molar-refractivity contribution >= 4 is 10.8 Å². The lowest BCUT2D eigenvalue weighted by molar-refractivity contribution is 0.411. The van der Waals surface area contributed by atoms with Crippen LogP contribution in [0.1, 0.15) is 31.4 Å². The highest BCUT2D eigenvalue weighted by molar-refractivity contribution is 7.84. The molecule has 0 bridgehead atoms. The van der Waals surface area contributed by atoms with E-state index in [-0.39, 0.29) is 0 Å². The van der Waals surface area contributed by atoms with Crippen molar-refractivity contribution in [3.8, 4) is 5.75 Å². The van der Waals surface area contributed by atoms with Gasteiger partial charge in [0.1, 0.15) is 5.75 Å². The minimum absolute atomic E-state index is 0.577. The first-order chi connectivity index (χ1) is 9.06. The topological polar surface area (TPSA) is 38.3 Å². The molecule has 0 saturated carbocycles. The van der Waals surface area contributed by atoms with Crippen molar-refractivity contribution in [3.63, 3.8) is 0 Å². The molecule has 3 nitrogen and oxygen atoms in total. The van der Waals surface area contributed by atoms with Crippen molar-refractivity contribution in [2.75, 3.05) is 19.9 Å². The van der Waals surface area contributed by atoms with Gasteiger partial charge in [0.05, 0.1) is 12.9 Å². The Hall–Kier alpha value is -0.870. The molecule has 1 N–H and O–H groups in total. The molecule has 0 aliphatic heterocycles. The molecule has 1 aromatic rings. The van der Waals surface area contributed by atoms with Crippen LogP contribution < -0.4 is 10.1 Å². The highest BCUT2D eigenvalue weighted by Gasteiger charge is 2.09. The fraction of sp³-hybridized carbons (Fsp3) is 0.600. The summed E-state index contributed by atoms with van der Waals surface area (Å²) in [6.45, 7) is 5.13. The van der Waals surface area contributed by atoms with E-state index in [4.69, 9.17) is 4.74 Å². The van der Waals surface area contributed by atoms with E-state index in [1.807, 2.05) is 19.2 Å². The van der Waals surface area contributed by atoms with E-state index in [1.165, 1.54) is 5.56 Å². The first-order valence-corrected chi connectivity index (χ1v) is 8.21. The van der Waals surface area contributed by atoms with Crippen molar-refractivity contribution in [2.24, 2.45) is 5.92 Å². The van der Waals surface area contributed by atoms with Gasteiger partial charge in [-0.25, -0.2) is 0 Å². The Bertz CT molecular complexity index is 419. The summed E-state index contributed by atoms with van der Waals surface area (Å²) in [5.74, 6) is 2.77. The molecule has 0 spiro atoms. The Morgan fingerprint density at radius 1 is 1.37 bits per heavy atom. The van der Waals surface area contributed by atoms with Gasteiger partial charge in [0.2, 0.25) is 0 Å². The molecule has 1 unspecified atom stereocenters. The zero-order valence-electron chi connectivity index (χ0n) is 12.4. The molecule has 1 rings (SSSR count). The fourth-order valence-corrected chi connectivity index (χ4v) is 3.32. The second-order valence-electron chi connectivity index (χ2n) is 5.15. The van der Waals surface area contributed by atoms with E-state index in [1.54, 1.807) is 7.11 Å². The molecule has 0 radical (unpaired) electrons. The summed E-state index contributed by atoms with van der Waals surface area (Å²) in [6.07, 6.45) is 1.01. The summed E-state index contributed by atoms with van der Waals surface area (Å²) in [7, 11) is 2.77. The molecule has 108 valence electrons. The Morgan fingerprint density at radius 3 is 2.68 bits per heavy atom. The molecular formula is C15H25NO2S. The van der Waals surface area contributed by atoms with Gasteiger partial charge in [-0.2, -0.15) is 0 Å². The van der Waals surface area contributed by atoms with Gasteiger partial charge in [-0.15, -0.1) is 0 Å².